The summed E-state index contributed by atoms with van der Waals surface area (Å²) in [4.78, 5) is 3.69. The summed E-state index contributed by atoms with van der Waals surface area (Å²) in [7, 11) is 1.46. The van der Waals surface area contributed by atoms with E-state index in [1.165, 1.54) is 13.2 Å². The average Bonchev–Trinajstić information content (AvgIpc) is 2.16. The van der Waals surface area contributed by atoms with E-state index in [2.05, 4.69) is 16.8 Å². The lowest BCUT2D eigenvalue weighted by molar-refractivity contribution is 0.395. The second-order valence-corrected chi connectivity index (χ2v) is 2.76. The normalized spacial score (nSPS) is 11.4. The number of hydrogen-bond donors (Lipinski definition) is 1. The van der Waals surface area contributed by atoms with Crippen LogP contribution >= 0.6 is 0 Å². The molecule has 4 heteroatoms. The number of methoxy groups -OCH3 is 1. The van der Waals surface area contributed by atoms with Crippen LogP contribution in [0.4, 0.5) is 4.39 Å². The largest absolute Gasteiger partial charge is 0.481 e. The summed E-state index contributed by atoms with van der Waals surface area (Å²) in [5.41, 5.74) is 5.66. The second kappa shape index (κ2) is 4.58. The average molecular weight is 194 g/mol. The summed E-state index contributed by atoms with van der Waals surface area (Å²) in [6.07, 6.45) is 1.07. The third-order valence-corrected chi connectivity index (χ3v) is 1.47. The highest BCUT2D eigenvalue weighted by Gasteiger charge is 2.01. The van der Waals surface area contributed by atoms with Gasteiger partial charge in [-0.05, 0) is 6.92 Å². The Bertz CT molecular complexity index is 379. The molecule has 14 heavy (non-hydrogen) atoms. The fourth-order valence-corrected chi connectivity index (χ4v) is 0.819. The van der Waals surface area contributed by atoms with E-state index >= 15 is 0 Å². The topological polar surface area (TPSA) is 48.1 Å². The molecule has 1 aromatic heterocycles. The van der Waals surface area contributed by atoms with Crippen molar-refractivity contribution in [2.75, 3.05) is 7.11 Å². The minimum atomic E-state index is -0.473. The van der Waals surface area contributed by atoms with E-state index in [0.29, 0.717) is 5.88 Å². The van der Waals surface area contributed by atoms with Gasteiger partial charge in [-0.25, -0.2) is 9.37 Å². The van der Waals surface area contributed by atoms with Crippen LogP contribution in [-0.2, 0) is 0 Å². The Balaban J connectivity index is 3.02. The Morgan fingerprint density at radius 2 is 2.36 bits per heavy atom. The Kier molecular flexibility index (Phi) is 3.43. The Morgan fingerprint density at radius 1 is 1.64 bits per heavy atom. The molecule has 1 atom stereocenters. The van der Waals surface area contributed by atoms with Crippen LogP contribution in [0.15, 0.2) is 12.3 Å². The Morgan fingerprint density at radius 3 is 2.93 bits per heavy atom. The van der Waals surface area contributed by atoms with E-state index < -0.39 is 5.82 Å². The molecule has 0 spiro atoms. The number of nitrogens with two attached hydrogens (primary N) is 1. The molecule has 2 N–H and O–H groups in total. The molecule has 0 saturated carbocycles. The predicted octanol–water partition coefficient (Wildman–Crippen LogP) is 0.928. The third kappa shape index (κ3) is 2.71. The number of rotatable bonds is 1. The van der Waals surface area contributed by atoms with Gasteiger partial charge in [-0.1, -0.05) is 11.8 Å². The summed E-state index contributed by atoms with van der Waals surface area (Å²) in [6.45, 7) is 1.73. The molecule has 0 saturated heterocycles. The van der Waals surface area contributed by atoms with E-state index in [9.17, 15) is 4.39 Å². The number of hydrogen-bond acceptors (Lipinski definition) is 3. The summed E-state index contributed by atoms with van der Waals surface area (Å²) < 4.78 is 17.9. The van der Waals surface area contributed by atoms with E-state index in [1.54, 1.807) is 6.92 Å². The van der Waals surface area contributed by atoms with E-state index in [0.717, 1.165) is 6.20 Å². The van der Waals surface area contributed by atoms with Crippen molar-refractivity contribution in [1.82, 2.24) is 4.98 Å². The van der Waals surface area contributed by atoms with Crippen molar-refractivity contribution in [3.05, 3.63) is 23.6 Å². The minimum absolute atomic E-state index is 0.245. The molecular formula is C10H11FN2O. The van der Waals surface area contributed by atoms with Crippen LogP contribution < -0.4 is 10.5 Å². The van der Waals surface area contributed by atoms with E-state index in [1.807, 2.05) is 0 Å². The van der Waals surface area contributed by atoms with Crippen molar-refractivity contribution < 1.29 is 9.13 Å². The van der Waals surface area contributed by atoms with Gasteiger partial charge in [-0.3, -0.25) is 0 Å². The molecule has 0 amide bonds. The smallest absolute Gasteiger partial charge is 0.214 e. The number of nitrogens with zero attached hydrogens (tertiary/aromatic N) is 1. The van der Waals surface area contributed by atoms with Gasteiger partial charge < -0.3 is 10.5 Å². The molecule has 0 bridgehead atoms. The lowest BCUT2D eigenvalue weighted by Gasteiger charge is -1.99. The van der Waals surface area contributed by atoms with Gasteiger partial charge in [0.2, 0.25) is 5.88 Å². The highest BCUT2D eigenvalue weighted by atomic mass is 19.1. The lowest BCUT2D eigenvalue weighted by Crippen LogP contribution is -2.11. The molecule has 3 nitrogen and oxygen atoms in total. The molecule has 0 aliphatic carbocycles. The number of aromatic nitrogens is 1. The van der Waals surface area contributed by atoms with Crippen LogP contribution in [0.3, 0.4) is 0 Å². The third-order valence-electron chi connectivity index (χ3n) is 1.47. The molecule has 0 fully saturated rings. The van der Waals surface area contributed by atoms with Gasteiger partial charge in [-0.15, -0.1) is 0 Å². The molecule has 0 aliphatic rings. The first-order valence-corrected chi connectivity index (χ1v) is 4.10. The van der Waals surface area contributed by atoms with Crippen LogP contribution in [0.5, 0.6) is 5.88 Å². The first-order valence-electron chi connectivity index (χ1n) is 4.10. The molecule has 1 aromatic rings. The Hall–Kier alpha value is -1.60. The zero-order valence-electron chi connectivity index (χ0n) is 8.04. The number of halogens is 1. The van der Waals surface area contributed by atoms with Gasteiger partial charge >= 0.3 is 0 Å². The van der Waals surface area contributed by atoms with Crippen LogP contribution in [0, 0.1) is 17.7 Å². The fourth-order valence-electron chi connectivity index (χ4n) is 0.819. The van der Waals surface area contributed by atoms with Crippen LogP contribution in [0.25, 0.3) is 0 Å². The molecule has 74 valence electrons. The maximum absolute atomic E-state index is 13.1. The first-order chi connectivity index (χ1) is 6.63. The van der Waals surface area contributed by atoms with Gasteiger partial charge in [0, 0.05) is 6.07 Å². The van der Waals surface area contributed by atoms with Crippen LogP contribution in [0.1, 0.15) is 12.5 Å². The van der Waals surface area contributed by atoms with Crippen molar-refractivity contribution in [2.24, 2.45) is 5.73 Å². The van der Waals surface area contributed by atoms with Crippen LogP contribution in [0.2, 0.25) is 0 Å². The zero-order valence-corrected chi connectivity index (χ0v) is 8.04. The van der Waals surface area contributed by atoms with Crippen LogP contribution in [-0.4, -0.2) is 18.1 Å². The molecule has 0 radical (unpaired) electrons. The molecule has 1 unspecified atom stereocenters. The summed E-state index contributed by atoms with van der Waals surface area (Å²) in [6, 6.07) is 1.15. The standard InChI is InChI=1S/C10H11FN2O/c1-7(12)3-4-8-5-10(14-2)13-6-9(8)11/h5-7H,12H2,1-2H3. The monoisotopic (exact) mass is 194 g/mol. The summed E-state index contributed by atoms with van der Waals surface area (Å²) in [5.74, 6) is 5.14. The lowest BCUT2D eigenvalue weighted by atomic mass is 10.2. The highest BCUT2D eigenvalue weighted by molar-refractivity contribution is 5.38. The van der Waals surface area contributed by atoms with Gasteiger partial charge in [0.25, 0.3) is 0 Å². The number of pyridine rings is 1. The quantitative estimate of drug-likeness (QED) is 0.676. The fraction of sp³-hybridized carbons (Fsp3) is 0.300. The van der Waals surface area contributed by atoms with E-state index in [-0.39, 0.29) is 11.6 Å². The highest BCUT2D eigenvalue weighted by Crippen LogP contribution is 2.11. The first kappa shape index (κ1) is 10.5. The minimum Gasteiger partial charge on any atom is -0.481 e. The predicted molar refractivity (Wildman–Crippen MR) is 51.3 cm³/mol. The summed E-state index contributed by atoms with van der Waals surface area (Å²) in [5, 5.41) is 0. The molecular weight excluding hydrogens is 183 g/mol. The summed E-state index contributed by atoms with van der Waals surface area (Å²) >= 11 is 0. The Labute approximate surface area is 82.1 Å². The van der Waals surface area contributed by atoms with Gasteiger partial charge in [0.1, 0.15) is 0 Å². The maximum atomic E-state index is 13.1. The zero-order chi connectivity index (χ0) is 10.6. The molecule has 1 rings (SSSR count). The van der Waals surface area contributed by atoms with Gasteiger partial charge in [0.15, 0.2) is 5.82 Å². The second-order valence-electron chi connectivity index (χ2n) is 2.76. The van der Waals surface area contributed by atoms with Gasteiger partial charge in [0.05, 0.1) is 24.9 Å². The van der Waals surface area contributed by atoms with Crippen molar-refractivity contribution in [2.45, 2.75) is 13.0 Å². The maximum Gasteiger partial charge on any atom is 0.214 e. The molecule has 0 aliphatic heterocycles. The van der Waals surface area contributed by atoms with Crippen molar-refractivity contribution in [1.29, 1.82) is 0 Å². The van der Waals surface area contributed by atoms with Crippen molar-refractivity contribution in [3.63, 3.8) is 0 Å². The van der Waals surface area contributed by atoms with Crippen molar-refractivity contribution >= 4 is 0 Å². The molecule has 0 aromatic carbocycles. The van der Waals surface area contributed by atoms with Gasteiger partial charge in [-0.2, -0.15) is 0 Å². The molecule has 1 heterocycles. The SMILES string of the molecule is COc1cc(C#CC(C)N)c(F)cn1. The number of ether oxygens (including phenoxy) is 1. The van der Waals surface area contributed by atoms with Crippen molar-refractivity contribution in [3.8, 4) is 17.7 Å². The van der Waals surface area contributed by atoms with E-state index in [4.69, 9.17) is 10.5 Å².